The van der Waals surface area contributed by atoms with Crippen LogP contribution in [-0.2, 0) is 0 Å². The lowest BCUT2D eigenvalue weighted by atomic mass is 10.1. The zero-order valence-electron chi connectivity index (χ0n) is 16.4. The standard InChI is InChI=1S/C22H17N5O4/c1-15-23-20(26-12-4-5-13-26)14-21(24-15)31-17-10-8-16(9-11-17)25-22(28)18-6-2-3-7-19(18)27(29)30/h2-14H,1H3,(H,25,28). The van der Waals surface area contributed by atoms with Crippen molar-refractivity contribution in [2.45, 2.75) is 6.92 Å². The van der Waals surface area contributed by atoms with Gasteiger partial charge in [0.15, 0.2) is 0 Å². The number of carbonyl (C=O) groups is 1. The molecule has 0 aliphatic rings. The highest BCUT2D eigenvalue weighted by Crippen LogP contribution is 2.24. The number of aromatic nitrogens is 3. The van der Waals surface area contributed by atoms with Crippen molar-refractivity contribution >= 4 is 17.3 Å². The van der Waals surface area contributed by atoms with Crippen molar-refractivity contribution in [1.29, 1.82) is 0 Å². The van der Waals surface area contributed by atoms with E-state index in [1.165, 1.54) is 18.2 Å². The quantitative estimate of drug-likeness (QED) is 0.366. The summed E-state index contributed by atoms with van der Waals surface area (Å²) >= 11 is 0. The summed E-state index contributed by atoms with van der Waals surface area (Å²) in [4.78, 5) is 31.7. The predicted octanol–water partition coefficient (Wildman–Crippen LogP) is 4.53. The molecule has 0 aliphatic carbocycles. The van der Waals surface area contributed by atoms with Gasteiger partial charge in [-0.3, -0.25) is 14.9 Å². The van der Waals surface area contributed by atoms with E-state index in [1.807, 2.05) is 29.1 Å². The summed E-state index contributed by atoms with van der Waals surface area (Å²) in [6, 6.07) is 17.9. The number of nitro groups is 1. The molecule has 2 aromatic carbocycles. The number of amides is 1. The minimum absolute atomic E-state index is 0.0122. The fraction of sp³-hybridized carbons (Fsp3) is 0.0455. The van der Waals surface area contributed by atoms with Crippen LogP contribution in [0.2, 0.25) is 0 Å². The summed E-state index contributed by atoms with van der Waals surface area (Å²) in [5.41, 5.74) is 0.210. The van der Waals surface area contributed by atoms with E-state index < -0.39 is 10.8 Å². The Labute approximate surface area is 177 Å². The van der Waals surface area contributed by atoms with E-state index >= 15 is 0 Å². The normalized spacial score (nSPS) is 10.5. The molecule has 9 nitrogen and oxygen atoms in total. The van der Waals surface area contributed by atoms with Crippen LogP contribution in [0.1, 0.15) is 16.2 Å². The number of anilines is 1. The van der Waals surface area contributed by atoms with Crippen LogP contribution in [0.5, 0.6) is 11.6 Å². The number of nitro benzene ring substituents is 1. The molecule has 2 aromatic heterocycles. The number of para-hydroxylation sites is 1. The van der Waals surface area contributed by atoms with Crippen LogP contribution in [0, 0.1) is 17.0 Å². The number of hydrogen-bond donors (Lipinski definition) is 1. The number of benzene rings is 2. The third-order valence-corrected chi connectivity index (χ3v) is 4.35. The van der Waals surface area contributed by atoms with E-state index in [9.17, 15) is 14.9 Å². The summed E-state index contributed by atoms with van der Waals surface area (Å²) < 4.78 is 7.68. The van der Waals surface area contributed by atoms with Crippen LogP contribution >= 0.6 is 0 Å². The number of aryl methyl sites for hydroxylation is 1. The van der Waals surface area contributed by atoms with Crippen molar-refractivity contribution in [3.8, 4) is 17.4 Å². The van der Waals surface area contributed by atoms with Crippen molar-refractivity contribution in [2.75, 3.05) is 5.32 Å². The average molecular weight is 415 g/mol. The molecule has 2 heterocycles. The van der Waals surface area contributed by atoms with Crippen LogP contribution in [0.25, 0.3) is 5.82 Å². The molecule has 0 fully saturated rings. The van der Waals surface area contributed by atoms with Gasteiger partial charge in [0.05, 0.1) is 4.92 Å². The summed E-state index contributed by atoms with van der Waals surface area (Å²) in [5, 5.41) is 13.8. The maximum atomic E-state index is 12.4. The molecule has 0 spiro atoms. The number of ether oxygens (including phenoxy) is 1. The molecule has 0 radical (unpaired) electrons. The zero-order chi connectivity index (χ0) is 21.8. The fourth-order valence-corrected chi connectivity index (χ4v) is 2.95. The van der Waals surface area contributed by atoms with Gasteiger partial charge >= 0.3 is 0 Å². The minimum Gasteiger partial charge on any atom is -0.439 e. The zero-order valence-corrected chi connectivity index (χ0v) is 16.4. The number of hydrogen-bond acceptors (Lipinski definition) is 6. The molecule has 154 valence electrons. The molecule has 0 bridgehead atoms. The first-order valence-electron chi connectivity index (χ1n) is 9.31. The lowest BCUT2D eigenvalue weighted by molar-refractivity contribution is -0.385. The minimum atomic E-state index is -0.586. The second-order valence-corrected chi connectivity index (χ2v) is 6.56. The Morgan fingerprint density at radius 2 is 1.74 bits per heavy atom. The molecule has 0 saturated carbocycles. The van der Waals surface area contributed by atoms with Gasteiger partial charge in [-0.2, -0.15) is 4.98 Å². The number of rotatable bonds is 6. The highest BCUT2D eigenvalue weighted by atomic mass is 16.6. The summed E-state index contributed by atoms with van der Waals surface area (Å²) in [7, 11) is 0. The molecule has 1 amide bonds. The van der Waals surface area contributed by atoms with Crippen molar-refractivity contribution < 1.29 is 14.5 Å². The third kappa shape index (κ3) is 4.56. The molecule has 0 atom stereocenters. The van der Waals surface area contributed by atoms with Gasteiger partial charge in [-0.05, 0) is 49.4 Å². The molecule has 4 aromatic rings. The Kier molecular flexibility index (Phi) is 5.39. The van der Waals surface area contributed by atoms with E-state index in [4.69, 9.17) is 4.74 Å². The predicted molar refractivity (Wildman–Crippen MR) is 114 cm³/mol. The Balaban J connectivity index is 1.48. The monoisotopic (exact) mass is 415 g/mol. The smallest absolute Gasteiger partial charge is 0.282 e. The molecule has 1 N–H and O–H groups in total. The van der Waals surface area contributed by atoms with E-state index in [-0.39, 0.29) is 11.3 Å². The summed E-state index contributed by atoms with van der Waals surface area (Å²) in [6.07, 6.45) is 3.75. The SMILES string of the molecule is Cc1nc(Oc2ccc(NC(=O)c3ccccc3[N+](=O)[O-])cc2)cc(-n2cccc2)n1. The first kappa shape index (κ1) is 19.8. The van der Waals surface area contributed by atoms with Crippen molar-refractivity contribution in [3.05, 3.63) is 101 Å². The van der Waals surface area contributed by atoms with Gasteiger partial charge in [0.1, 0.15) is 23.0 Å². The number of nitrogens with one attached hydrogen (secondary N) is 1. The van der Waals surface area contributed by atoms with Gasteiger partial charge in [0.2, 0.25) is 5.88 Å². The van der Waals surface area contributed by atoms with E-state index in [0.717, 1.165) is 0 Å². The Bertz CT molecular complexity index is 1240. The number of carbonyl (C=O) groups excluding carboxylic acids is 1. The lowest BCUT2D eigenvalue weighted by Gasteiger charge is -2.10. The fourth-order valence-electron chi connectivity index (χ4n) is 2.95. The Morgan fingerprint density at radius 1 is 1.03 bits per heavy atom. The largest absolute Gasteiger partial charge is 0.439 e. The van der Waals surface area contributed by atoms with Gasteiger partial charge in [-0.25, -0.2) is 4.98 Å². The van der Waals surface area contributed by atoms with Gasteiger partial charge < -0.3 is 14.6 Å². The molecule has 4 rings (SSSR count). The van der Waals surface area contributed by atoms with Crippen LogP contribution in [0.4, 0.5) is 11.4 Å². The van der Waals surface area contributed by atoms with Gasteiger partial charge in [0.25, 0.3) is 11.6 Å². The van der Waals surface area contributed by atoms with Gasteiger partial charge in [-0.15, -0.1) is 0 Å². The second-order valence-electron chi connectivity index (χ2n) is 6.56. The van der Waals surface area contributed by atoms with Crippen molar-refractivity contribution in [2.24, 2.45) is 0 Å². The van der Waals surface area contributed by atoms with Gasteiger partial charge in [0, 0.05) is 30.2 Å². The van der Waals surface area contributed by atoms with Gasteiger partial charge in [-0.1, -0.05) is 12.1 Å². The second kappa shape index (κ2) is 8.46. The maximum Gasteiger partial charge on any atom is 0.282 e. The van der Waals surface area contributed by atoms with Crippen LogP contribution in [-0.4, -0.2) is 25.4 Å². The highest BCUT2D eigenvalue weighted by molar-refractivity contribution is 6.07. The van der Waals surface area contributed by atoms with Crippen molar-refractivity contribution in [1.82, 2.24) is 14.5 Å². The maximum absolute atomic E-state index is 12.4. The average Bonchev–Trinajstić information content (AvgIpc) is 3.30. The van der Waals surface area contributed by atoms with Crippen LogP contribution in [0.3, 0.4) is 0 Å². The van der Waals surface area contributed by atoms with E-state index in [1.54, 1.807) is 43.3 Å². The summed E-state index contributed by atoms with van der Waals surface area (Å²) in [6.45, 7) is 1.78. The molecule has 0 aliphatic heterocycles. The van der Waals surface area contributed by atoms with E-state index in [0.29, 0.717) is 29.0 Å². The Morgan fingerprint density at radius 3 is 2.45 bits per heavy atom. The Hall–Kier alpha value is -4.53. The molecular weight excluding hydrogens is 398 g/mol. The topological polar surface area (TPSA) is 112 Å². The van der Waals surface area contributed by atoms with Crippen LogP contribution < -0.4 is 10.1 Å². The molecule has 0 unspecified atom stereocenters. The van der Waals surface area contributed by atoms with Crippen LogP contribution in [0.15, 0.2) is 79.1 Å². The lowest BCUT2D eigenvalue weighted by Crippen LogP contribution is -2.13. The van der Waals surface area contributed by atoms with Crippen molar-refractivity contribution in [3.63, 3.8) is 0 Å². The van der Waals surface area contributed by atoms with E-state index in [2.05, 4.69) is 15.3 Å². The first-order chi connectivity index (χ1) is 15.0. The molecular formula is C22H17N5O4. The molecule has 9 heteroatoms. The highest BCUT2D eigenvalue weighted by Gasteiger charge is 2.19. The first-order valence-corrected chi connectivity index (χ1v) is 9.31. The third-order valence-electron chi connectivity index (χ3n) is 4.35. The summed E-state index contributed by atoms with van der Waals surface area (Å²) in [5.74, 6) is 1.58. The molecule has 31 heavy (non-hydrogen) atoms. The number of nitrogens with zero attached hydrogens (tertiary/aromatic N) is 4. The molecule has 0 saturated heterocycles.